The quantitative estimate of drug-likeness (QED) is 0.837. The third-order valence-electron chi connectivity index (χ3n) is 3.40. The molecule has 0 aliphatic carbocycles. The molecule has 0 aliphatic heterocycles. The van der Waals surface area contributed by atoms with E-state index in [9.17, 15) is 0 Å². The van der Waals surface area contributed by atoms with E-state index in [2.05, 4.69) is 22.9 Å². The Morgan fingerprint density at radius 3 is 2.38 bits per heavy atom. The van der Waals surface area contributed by atoms with E-state index >= 15 is 0 Å². The van der Waals surface area contributed by atoms with E-state index in [-0.39, 0.29) is 6.04 Å². The molecule has 0 saturated heterocycles. The standard InChI is InChI=1S/C17H20BrNO2/c1-3-17(19)12-4-6-14(7-5-12)21-11-13-10-15(20-2)8-9-16(13)18/h4-10,17H,3,11,19H2,1-2H3/t17-/m0/s1. The monoisotopic (exact) mass is 349 g/mol. The van der Waals surface area contributed by atoms with Gasteiger partial charge in [-0.15, -0.1) is 0 Å². The van der Waals surface area contributed by atoms with Gasteiger partial charge >= 0.3 is 0 Å². The van der Waals surface area contributed by atoms with E-state index in [1.807, 2.05) is 42.5 Å². The molecule has 2 aromatic carbocycles. The first-order valence-electron chi connectivity index (χ1n) is 6.94. The molecule has 2 aromatic rings. The number of hydrogen-bond acceptors (Lipinski definition) is 3. The summed E-state index contributed by atoms with van der Waals surface area (Å²) in [6.45, 7) is 2.56. The van der Waals surface area contributed by atoms with Crippen LogP contribution < -0.4 is 15.2 Å². The highest BCUT2D eigenvalue weighted by molar-refractivity contribution is 9.10. The predicted molar refractivity (Wildman–Crippen MR) is 88.7 cm³/mol. The number of halogens is 1. The van der Waals surface area contributed by atoms with Crippen molar-refractivity contribution >= 4 is 15.9 Å². The van der Waals surface area contributed by atoms with Crippen LogP contribution >= 0.6 is 15.9 Å². The summed E-state index contributed by atoms with van der Waals surface area (Å²) in [4.78, 5) is 0. The summed E-state index contributed by atoms with van der Waals surface area (Å²) in [5, 5.41) is 0. The highest BCUT2D eigenvalue weighted by Crippen LogP contribution is 2.24. The van der Waals surface area contributed by atoms with Crippen LogP contribution in [-0.2, 0) is 6.61 Å². The molecule has 3 nitrogen and oxygen atoms in total. The van der Waals surface area contributed by atoms with Gasteiger partial charge in [-0.05, 0) is 42.3 Å². The van der Waals surface area contributed by atoms with E-state index in [1.54, 1.807) is 7.11 Å². The molecule has 21 heavy (non-hydrogen) atoms. The third kappa shape index (κ3) is 4.22. The van der Waals surface area contributed by atoms with Crippen LogP contribution in [0.25, 0.3) is 0 Å². The van der Waals surface area contributed by atoms with Gasteiger partial charge in [0.1, 0.15) is 18.1 Å². The van der Waals surface area contributed by atoms with Gasteiger partial charge in [0.25, 0.3) is 0 Å². The summed E-state index contributed by atoms with van der Waals surface area (Å²) in [6, 6.07) is 13.9. The third-order valence-corrected chi connectivity index (χ3v) is 4.17. The fraction of sp³-hybridized carbons (Fsp3) is 0.294. The average molecular weight is 350 g/mol. The van der Waals surface area contributed by atoms with Crippen molar-refractivity contribution in [2.45, 2.75) is 26.0 Å². The topological polar surface area (TPSA) is 44.5 Å². The number of ether oxygens (including phenoxy) is 2. The van der Waals surface area contributed by atoms with Crippen LogP contribution in [0.4, 0.5) is 0 Å². The van der Waals surface area contributed by atoms with Crippen LogP contribution in [0, 0.1) is 0 Å². The molecule has 4 heteroatoms. The van der Waals surface area contributed by atoms with E-state index in [0.29, 0.717) is 6.61 Å². The van der Waals surface area contributed by atoms with Gasteiger partial charge in [0.2, 0.25) is 0 Å². The maximum atomic E-state index is 6.00. The zero-order valence-electron chi connectivity index (χ0n) is 12.3. The van der Waals surface area contributed by atoms with Crippen molar-refractivity contribution in [2.24, 2.45) is 5.73 Å². The van der Waals surface area contributed by atoms with Crippen LogP contribution in [0.3, 0.4) is 0 Å². The molecule has 0 radical (unpaired) electrons. The van der Waals surface area contributed by atoms with Crippen molar-refractivity contribution in [1.82, 2.24) is 0 Å². The Kier molecular flexibility index (Phi) is 5.65. The molecule has 0 heterocycles. The van der Waals surface area contributed by atoms with E-state index in [4.69, 9.17) is 15.2 Å². The minimum atomic E-state index is 0.0894. The molecule has 0 fully saturated rings. The molecule has 112 valence electrons. The van der Waals surface area contributed by atoms with Crippen LogP contribution in [0.1, 0.15) is 30.5 Å². The van der Waals surface area contributed by atoms with Crippen molar-refractivity contribution in [2.75, 3.05) is 7.11 Å². The van der Waals surface area contributed by atoms with Crippen molar-refractivity contribution < 1.29 is 9.47 Å². The number of benzene rings is 2. The predicted octanol–water partition coefficient (Wildman–Crippen LogP) is 4.45. The van der Waals surface area contributed by atoms with Gasteiger partial charge in [-0.2, -0.15) is 0 Å². The van der Waals surface area contributed by atoms with Crippen molar-refractivity contribution in [3.63, 3.8) is 0 Å². The number of rotatable bonds is 6. The molecule has 0 saturated carbocycles. The van der Waals surface area contributed by atoms with Crippen molar-refractivity contribution in [3.05, 3.63) is 58.1 Å². The normalized spacial score (nSPS) is 12.0. The second-order valence-electron chi connectivity index (χ2n) is 4.83. The van der Waals surface area contributed by atoms with Gasteiger partial charge in [0.15, 0.2) is 0 Å². The lowest BCUT2D eigenvalue weighted by Gasteiger charge is -2.12. The van der Waals surface area contributed by atoms with Gasteiger partial charge in [-0.25, -0.2) is 0 Å². The van der Waals surface area contributed by atoms with Gasteiger partial charge in [-0.3, -0.25) is 0 Å². The van der Waals surface area contributed by atoms with Crippen LogP contribution in [-0.4, -0.2) is 7.11 Å². The minimum Gasteiger partial charge on any atom is -0.497 e. The highest BCUT2D eigenvalue weighted by Gasteiger charge is 2.05. The molecule has 2 rings (SSSR count). The first kappa shape index (κ1) is 15.9. The Bertz CT molecular complexity index is 584. The Morgan fingerprint density at radius 1 is 1.10 bits per heavy atom. The first-order chi connectivity index (χ1) is 10.1. The lowest BCUT2D eigenvalue weighted by molar-refractivity contribution is 0.304. The van der Waals surface area contributed by atoms with Crippen LogP contribution in [0.15, 0.2) is 46.9 Å². The molecule has 0 spiro atoms. The largest absolute Gasteiger partial charge is 0.497 e. The number of nitrogens with two attached hydrogens (primary N) is 1. The lowest BCUT2D eigenvalue weighted by atomic mass is 10.1. The number of hydrogen-bond donors (Lipinski definition) is 1. The first-order valence-corrected chi connectivity index (χ1v) is 7.74. The molecule has 0 bridgehead atoms. The Morgan fingerprint density at radius 2 is 1.76 bits per heavy atom. The maximum absolute atomic E-state index is 6.00. The van der Waals surface area contributed by atoms with Crippen LogP contribution in [0.2, 0.25) is 0 Å². The summed E-state index contributed by atoms with van der Waals surface area (Å²) in [6.07, 6.45) is 0.928. The highest BCUT2D eigenvalue weighted by atomic mass is 79.9. The van der Waals surface area contributed by atoms with Gasteiger partial charge in [0, 0.05) is 16.1 Å². The molecule has 0 amide bonds. The summed E-state index contributed by atoms with van der Waals surface area (Å²) < 4.78 is 12.0. The second-order valence-corrected chi connectivity index (χ2v) is 5.68. The summed E-state index contributed by atoms with van der Waals surface area (Å²) >= 11 is 3.52. The van der Waals surface area contributed by atoms with Gasteiger partial charge in [-0.1, -0.05) is 35.0 Å². The summed E-state index contributed by atoms with van der Waals surface area (Å²) in [5.74, 6) is 1.65. The Labute approximate surface area is 134 Å². The summed E-state index contributed by atoms with van der Waals surface area (Å²) in [7, 11) is 1.66. The average Bonchev–Trinajstić information content (AvgIpc) is 2.54. The van der Waals surface area contributed by atoms with Crippen molar-refractivity contribution in [3.8, 4) is 11.5 Å². The molecule has 0 aliphatic rings. The molecule has 0 aromatic heterocycles. The smallest absolute Gasteiger partial charge is 0.119 e. The molecule has 0 unspecified atom stereocenters. The second kappa shape index (κ2) is 7.48. The van der Waals surface area contributed by atoms with E-state index in [0.717, 1.165) is 33.5 Å². The van der Waals surface area contributed by atoms with E-state index in [1.165, 1.54) is 0 Å². The van der Waals surface area contributed by atoms with Crippen LogP contribution in [0.5, 0.6) is 11.5 Å². The van der Waals surface area contributed by atoms with Gasteiger partial charge < -0.3 is 15.2 Å². The molecular formula is C17H20BrNO2. The Hall–Kier alpha value is -1.52. The maximum Gasteiger partial charge on any atom is 0.119 e. The van der Waals surface area contributed by atoms with Crippen molar-refractivity contribution in [1.29, 1.82) is 0 Å². The van der Waals surface area contributed by atoms with Gasteiger partial charge in [0.05, 0.1) is 7.11 Å². The van der Waals surface area contributed by atoms with E-state index < -0.39 is 0 Å². The molecule has 1 atom stereocenters. The molecule has 2 N–H and O–H groups in total. The minimum absolute atomic E-state index is 0.0894. The lowest BCUT2D eigenvalue weighted by Crippen LogP contribution is -2.08. The molecular weight excluding hydrogens is 330 g/mol. The fourth-order valence-corrected chi connectivity index (χ4v) is 2.36. The fourth-order valence-electron chi connectivity index (χ4n) is 2.00. The zero-order valence-corrected chi connectivity index (χ0v) is 13.9. The Balaban J connectivity index is 2.03. The number of methoxy groups -OCH3 is 1. The zero-order chi connectivity index (χ0) is 15.2. The summed E-state index contributed by atoms with van der Waals surface area (Å²) in [5.41, 5.74) is 8.18. The SMILES string of the molecule is CC[C@H](N)c1ccc(OCc2cc(OC)ccc2Br)cc1.